The Hall–Kier alpha value is -1.72. The Kier molecular flexibility index (Phi) is 7.40. The Morgan fingerprint density at radius 1 is 1.25 bits per heavy atom. The van der Waals surface area contributed by atoms with Crippen molar-refractivity contribution in [3.05, 3.63) is 58.9 Å². The number of aryl methyl sites for hydroxylation is 1. The summed E-state index contributed by atoms with van der Waals surface area (Å²) in [6.07, 6.45) is 0.833. The van der Waals surface area contributed by atoms with Gasteiger partial charge in [-0.3, -0.25) is 4.79 Å². The first-order chi connectivity index (χ1) is 11.5. The second kappa shape index (κ2) is 9.55. The smallest absolute Gasteiger partial charge is 0.234 e. The summed E-state index contributed by atoms with van der Waals surface area (Å²) in [5.74, 6) is 1.43. The molecule has 0 fully saturated rings. The SMILES string of the molecule is Cc1ccc(F)cc1NC(=O)CSCCCOc1ccc(Cl)cc1. The minimum atomic E-state index is -0.358. The Morgan fingerprint density at radius 3 is 2.75 bits per heavy atom. The van der Waals surface area contributed by atoms with Crippen LogP contribution >= 0.6 is 23.4 Å². The molecule has 0 aliphatic rings. The van der Waals surface area contributed by atoms with E-state index in [0.717, 1.165) is 23.5 Å². The molecule has 128 valence electrons. The molecule has 2 aromatic carbocycles. The van der Waals surface area contributed by atoms with Crippen molar-refractivity contribution in [2.75, 3.05) is 23.4 Å². The van der Waals surface area contributed by atoms with Gasteiger partial charge in [-0.05, 0) is 61.1 Å². The highest BCUT2D eigenvalue weighted by molar-refractivity contribution is 7.99. The number of halogens is 2. The minimum Gasteiger partial charge on any atom is -0.494 e. The van der Waals surface area contributed by atoms with E-state index in [1.807, 2.05) is 19.1 Å². The van der Waals surface area contributed by atoms with Crippen molar-refractivity contribution in [3.8, 4) is 5.75 Å². The van der Waals surface area contributed by atoms with Gasteiger partial charge in [0.25, 0.3) is 0 Å². The molecule has 0 heterocycles. The van der Waals surface area contributed by atoms with E-state index < -0.39 is 0 Å². The summed E-state index contributed by atoms with van der Waals surface area (Å²) in [6.45, 7) is 2.41. The lowest BCUT2D eigenvalue weighted by atomic mass is 10.2. The fraction of sp³-hybridized carbons (Fsp3) is 0.278. The lowest BCUT2D eigenvalue weighted by Crippen LogP contribution is -2.15. The van der Waals surface area contributed by atoms with E-state index in [1.54, 1.807) is 18.2 Å². The maximum atomic E-state index is 13.2. The molecule has 0 radical (unpaired) electrons. The van der Waals surface area contributed by atoms with Crippen molar-refractivity contribution >= 4 is 35.0 Å². The molecule has 0 unspecified atom stereocenters. The normalized spacial score (nSPS) is 10.5. The van der Waals surface area contributed by atoms with Gasteiger partial charge < -0.3 is 10.1 Å². The van der Waals surface area contributed by atoms with E-state index in [-0.39, 0.29) is 11.7 Å². The zero-order valence-electron chi connectivity index (χ0n) is 13.4. The third-order valence-electron chi connectivity index (χ3n) is 3.22. The van der Waals surface area contributed by atoms with Crippen molar-refractivity contribution in [2.24, 2.45) is 0 Å². The molecule has 6 heteroatoms. The largest absolute Gasteiger partial charge is 0.494 e. The van der Waals surface area contributed by atoms with Gasteiger partial charge in [0.15, 0.2) is 0 Å². The molecule has 3 nitrogen and oxygen atoms in total. The molecule has 0 atom stereocenters. The van der Waals surface area contributed by atoms with Crippen LogP contribution in [0.25, 0.3) is 0 Å². The van der Waals surface area contributed by atoms with Crippen molar-refractivity contribution < 1.29 is 13.9 Å². The number of amides is 1. The number of anilines is 1. The second-order valence-corrected chi connectivity index (χ2v) is 6.76. The molecular weight excluding hydrogens is 349 g/mol. The van der Waals surface area contributed by atoms with E-state index in [4.69, 9.17) is 16.3 Å². The number of carbonyl (C=O) groups is 1. The fourth-order valence-electron chi connectivity index (χ4n) is 1.96. The van der Waals surface area contributed by atoms with Gasteiger partial charge in [0.1, 0.15) is 11.6 Å². The van der Waals surface area contributed by atoms with Gasteiger partial charge in [-0.1, -0.05) is 17.7 Å². The van der Waals surface area contributed by atoms with Gasteiger partial charge in [-0.25, -0.2) is 4.39 Å². The highest BCUT2D eigenvalue weighted by Crippen LogP contribution is 2.17. The predicted molar refractivity (Wildman–Crippen MR) is 98.7 cm³/mol. The lowest BCUT2D eigenvalue weighted by molar-refractivity contribution is -0.113. The molecule has 2 aromatic rings. The van der Waals surface area contributed by atoms with E-state index in [0.29, 0.717) is 23.1 Å². The van der Waals surface area contributed by atoms with Gasteiger partial charge >= 0.3 is 0 Å². The van der Waals surface area contributed by atoms with Gasteiger partial charge in [-0.2, -0.15) is 11.8 Å². The molecule has 0 spiro atoms. The summed E-state index contributed by atoms with van der Waals surface area (Å²) in [5.41, 5.74) is 1.36. The summed E-state index contributed by atoms with van der Waals surface area (Å²) in [6, 6.07) is 11.6. The van der Waals surface area contributed by atoms with Gasteiger partial charge in [0.2, 0.25) is 5.91 Å². The number of thioether (sulfide) groups is 1. The highest BCUT2D eigenvalue weighted by atomic mass is 35.5. The second-order valence-electron chi connectivity index (χ2n) is 5.22. The maximum Gasteiger partial charge on any atom is 0.234 e. The van der Waals surface area contributed by atoms with Crippen molar-refractivity contribution in [1.29, 1.82) is 0 Å². The van der Waals surface area contributed by atoms with Crippen molar-refractivity contribution in [3.63, 3.8) is 0 Å². The molecule has 1 amide bonds. The number of hydrogen-bond acceptors (Lipinski definition) is 3. The first-order valence-corrected chi connectivity index (χ1v) is 9.10. The van der Waals surface area contributed by atoms with E-state index >= 15 is 0 Å². The van der Waals surface area contributed by atoms with E-state index in [2.05, 4.69) is 5.32 Å². The molecular formula is C18H19ClFNO2S. The summed E-state index contributed by atoms with van der Waals surface area (Å²) < 4.78 is 18.8. The summed E-state index contributed by atoms with van der Waals surface area (Å²) >= 11 is 7.32. The monoisotopic (exact) mass is 367 g/mol. The molecule has 1 N–H and O–H groups in total. The molecule has 0 saturated heterocycles. The van der Waals surface area contributed by atoms with Crippen LogP contribution in [0.1, 0.15) is 12.0 Å². The predicted octanol–water partition coefficient (Wildman–Crippen LogP) is 4.93. The van der Waals surface area contributed by atoms with Crippen molar-refractivity contribution in [2.45, 2.75) is 13.3 Å². The van der Waals surface area contributed by atoms with Crippen LogP contribution in [-0.2, 0) is 4.79 Å². The van der Waals surface area contributed by atoms with Crippen LogP contribution in [0.4, 0.5) is 10.1 Å². The van der Waals surface area contributed by atoms with Crippen LogP contribution < -0.4 is 10.1 Å². The summed E-state index contributed by atoms with van der Waals surface area (Å²) in [4.78, 5) is 11.9. The van der Waals surface area contributed by atoms with E-state index in [1.165, 1.54) is 23.9 Å². The number of rotatable bonds is 8. The maximum absolute atomic E-state index is 13.2. The first-order valence-electron chi connectivity index (χ1n) is 7.57. The number of hydrogen-bond donors (Lipinski definition) is 1. The Labute approximate surface area is 150 Å². The van der Waals surface area contributed by atoms with E-state index in [9.17, 15) is 9.18 Å². The summed E-state index contributed by atoms with van der Waals surface area (Å²) in [5, 5.41) is 3.41. The van der Waals surface area contributed by atoms with Crippen LogP contribution in [0.5, 0.6) is 5.75 Å². The average Bonchev–Trinajstić information content (AvgIpc) is 2.56. The topological polar surface area (TPSA) is 38.3 Å². The number of carbonyl (C=O) groups excluding carboxylic acids is 1. The zero-order valence-corrected chi connectivity index (χ0v) is 14.9. The van der Waals surface area contributed by atoms with Crippen molar-refractivity contribution in [1.82, 2.24) is 0 Å². The Bertz CT molecular complexity index is 679. The molecule has 0 aromatic heterocycles. The highest BCUT2D eigenvalue weighted by Gasteiger charge is 2.06. The van der Waals surface area contributed by atoms with Crippen LogP contribution in [0.15, 0.2) is 42.5 Å². The van der Waals surface area contributed by atoms with Crippen LogP contribution in [-0.4, -0.2) is 24.0 Å². The standard InChI is InChI=1S/C18H19ClFNO2S/c1-13-3-6-15(20)11-17(13)21-18(22)12-24-10-2-9-23-16-7-4-14(19)5-8-16/h3-8,11H,2,9-10,12H2,1H3,(H,21,22). The number of ether oxygens (including phenoxy) is 1. The Balaban J connectivity index is 1.61. The van der Waals surface area contributed by atoms with Gasteiger partial charge in [0.05, 0.1) is 12.4 Å². The van der Waals surface area contributed by atoms with Gasteiger partial charge in [0, 0.05) is 10.7 Å². The third kappa shape index (κ3) is 6.42. The number of nitrogens with one attached hydrogen (secondary N) is 1. The fourth-order valence-corrected chi connectivity index (χ4v) is 2.81. The third-order valence-corrected chi connectivity index (χ3v) is 4.52. The minimum absolute atomic E-state index is 0.132. The number of benzene rings is 2. The molecule has 2 rings (SSSR count). The van der Waals surface area contributed by atoms with Crippen LogP contribution in [0.3, 0.4) is 0 Å². The lowest BCUT2D eigenvalue weighted by Gasteiger charge is -2.09. The molecule has 24 heavy (non-hydrogen) atoms. The van der Waals surface area contributed by atoms with Crippen LogP contribution in [0, 0.1) is 12.7 Å². The first kappa shape index (κ1) is 18.6. The average molecular weight is 368 g/mol. The molecule has 0 aliphatic heterocycles. The molecule has 0 aliphatic carbocycles. The Morgan fingerprint density at radius 2 is 2.00 bits per heavy atom. The molecule has 0 bridgehead atoms. The van der Waals surface area contributed by atoms with Gasteiger partial charge in [-0.15, -0.1) is 0 Å². The quantitative estimate of drug-likeness (QED) is 0.672. The molecule has 0 saturated carbocycles. The van der Waals surface area contributed by atoms with Crippen LogP contribution in [0.2, 0.25) is 5.02 Å². The summed E-state index contributed by atoms with van der Waals surface area (Å²) in [7, 11) is 0. The zero-order chi connectivity index (χ0) is 17.4.